The number of nitrogens with one attached hydrogen (secondary N) is 1. The van der Waals surface area contributed by atoms with E-state index >= 15 is 0 Å². The molecule has 0 spiro atoms. The number of anilines is 1. The minimum absolute atomic E-state index is 0.0316. The number of fused-ring (bicyclic) bond motifs is 1. The molecular weight excluding hydrogens is 452 g/mol. The van der Waals surface area contributed by atoms with Gasteiger partial charge in [0.2, 0.25) is 0 Å². The summed E-state index contributed by atoms with van der Waals surface area (Å²) in [7, 11) is 1.46. The number of aromatic amines is 1. The Bertz CT molecular complexity index is 1470. The molecule has 34 heavy (non-hydrogen) atoms. The van der Waals surface area contributed by atoms with Gasteiger partial charge in [0.05, 0.1) is 24.3 Å². The van der Waals surface area contributed by atoms with Gasteiger partial charge in [-0.05, 0) is 43.3 Å². The Balaban J connectivity index is 1.80. The number of carbonyl (C=O) groups excluding carboxylic acids is 2. The highest BCUT2D eigenvalue weighted by Gasteiger charge is 2.48. The van der Waals surface area contributed by atoms with Crippen molar-refractivity contribution in [2.45, 2.75) is 13.0 Å². The van der Waals surface area contributed by atoms with Gasteiger partial charge in [0.25, 0.3) is 11.7 Å². The molecule has 1 fully saturated rings. The van der Waals surface area contributed by atoms with Crippen LogP contribution in [0.1, 0.15) is 22.7 Å². The maximum absolute atomic E-state index is 13.4. The third-order valence-electron chi connectivity index (χ3n) is 6.09. The fourth-order valence-electron chi connectivity index (χ4n) is 4.43. The fourth-order valence-corrected chi connectivity index (χ4v) is 4.60. The summed E-state index contributed by atoms with van der Waals surface area (Å²) in [5, 5.41) is 12.6. The van der Waals surface area contributed by atoms with Gasteiger partial charge in [-0.1, -0.05) is 47.5 Å². The van der Waals surface area contributed by atoms with Gasteiger partial charge in [0.15, 0.2) is 0 Å². The minimum Gasteiger partial charge on any atom is -0.507 e. The van der Waals surface area contributed by atoms with Crippen molar-refractivity contribution in [2.75, 3.05) is 12.0 Å². The molecule has 1 aliphatic heterocycles. The lowest BCUT2D eigenvalue weighted by Gasteiger charge is -2.25. The summed E-state index contributed by atoms with van der Waals surface area (Å²) in [5.74, 6) is -1.51. The monoisotopic (exact) mass is 472 g/mol. The number of aryl methyl sites for hydroxylation is 1. The second-order valence-electron chi connectivity index (χ2n) is 8.14. The zero-order chi connectivity index (χ0) is 24.0. The number of carbonyl (C=O) groups is 2. The number of aliphatic hydroxyl groups is 1. The molecule has 170 valence electrons. The van der Waals surface area contributed by atoms with Gasteiger partial charge < -0.3 is 14.8 Å². The summed E-state index contributed by atoms with van der Waals surface area (Å²) < 4.78 is 5.40. The quantitative estimate of drug-likeness (QED) is 0.224. The van der Waals surface area contributed by atoms with E-state index in [1.807, 2.05) is 43.3 Å². The first-order chi connectivity index (χ1) is 16.4. The maximum Gasteiger partial charge on any atom is 0.300 e. The maximum atomic E-state index is 13.4. The highest BCUT2D eigenvalue weighted by atomic mass is 35.5. The number of halogens is 1. The number of aromatic nitrogens is 1. The molecule has 0 radical (unpaired) electrons. The summed E-state index contributed by atoms with van der Waals surface area (Å²) in [6.45, 7) is 1.94. The van der Waals surface area contributed by atoms with Crippen LogP contribution in [-0.2, 0) is 9.59 Å². The number of benzene rings is 3. The Morgan fingerprint density at radius 3 is 2.53 bits per heavy atom. The molecule has 5 rings (SSSR count). The summed E-state index contributed by atoms with van der Waals surface area (Å²) in [6, 6.07) is 18.8. The normalized spacial score (nSPS) is 17.5. The largest absolute Gasteiger partial charge is 0.507 e. The van der Waals surface area contributed by atoms with E-state index in [0.717, 1.165) is 16.5 Å². The van der Waals surface area contributed by atoms with Crippen LogP contribution < -0.4 is 9.64 Å². The van der Waals surface area contributed by atoms with E-state index in [0.29, 0.717) is 22.0 Å². The smallest absolute Gasteiger partial charge is 0.300 e. The number of methoxy groups -OCH3 is 1. The summed E-state index contributed by atoms with van der Waals surface area (Å²) >= 11 is 6.19. The van der Waals surface area contributed by atoms with Gasteiger partial charge in [-0.2, -0.15) is 0 Å². The molecule has 3 aromatic carbocycles. The number of aliphatic hydroxyl groups excluding tert-OH is 1. The Labute approximate surface area is 201 Å². The number of hydrogen-bond acceptors (Lipinski definition) is 4. The standard InChI is InChI=1S/C27H21ClN2O4/c1-15-7-10-17(11-8-15)30-24(20-14-29-21-6-4-3-5-18(20)21)23(26(32)27(30)33)25(31)19-13-16(28)9-12-22(19)34-2/h3-14,24,29,31H,1-2H3/b25-23+. The van der Waals surface area contributed by atoms with E-state index < -0.39 is 17.7 Å². The first kappa shape index (κ1) is 21.8. The van der Waals surface area contributed by atoms with Crippen molar-refractivity contribution >= 4 is 45.6 Å². The van der Waals surface area contributed by atoms with Gasteiger partial charge >= 0.3 is 0 Å². The number of amides is 1. The summed E-state index contributed by atoms with van der Waals surface area (Å²) in [5.41, 5.74) is 3.33. The number of nitrogens with zero attached hydrogens (tertiary/aromatic N) is 1. The number of ketones is 1. The van der Waals surface area contributed by atoms with Gasteiger partial charge in [-0.25, -0.2) is 0 Å². The first-order valence-electron chi connectivity index (χ1n) is 10.7. The Hall–Kier alpha value is -4.03. The zero-order valence-corrected chi connectivity index (χ0v) is 19.3. The molecule has 0 bridgehead atoms. The molecule has 1 aliphatic rings. The Morgan fingerprint density at radius 1 is 1.06 bits per heavy atom. The SMILES string of the molecule is COc1ccc(Cl)cc1/C(O)=C1\C(=O)C(=O)N(c2ccc(C)cc2)C1c1c[nH]c2ccccc12. The number of H-pyrrole nitrogens is 1. The molecule has 2 N–H and O–H groups in total. The molecule has 4 aromatic rings. The van der Waals surface area contributed by atoms with E-state index in [1.54, 1.807) is 30.5 Å². The number of Topliss-reactive ketones (excluding diaryl/α,β-unsaturated/α-hetero) is 1. The third-order valence-corrected chi connectivity index (χ3v) is 6.32. The van der Waals surface area contributed by atoms with Gasteiger partial charge in [0.1, 0.15) is 11.5 Å². The van der Waals surface area contributed by atoms with Crippen molar-refractivity contribution in [1.29, 1.82) is 0 Å². The van der Waals surface area contributed by atoms with Crippen LogP contribution in [0.4, 0.5) is 5.69 Å². The first-order valence-corrected chi connectivity index (χ1v) is 11.1. The van der Waals surface area contributed by atoms with Gasteiger partial charge in [-0.15, -0.1) is 0 Å². The highest BCUT2D eigenvalue weighted by molar-refractivity contribution is 6.52. The number of para-hydroxylation sites is 1. The lowest BCUT2D eigenvalue weighted by molar-refractivity contribution is -0.132. The lowest BCUT2D eigenvalue weighted by atomic mass is 9.94. The average Bonchev–Trinajstić information content (AvgIpc) is 3.38. The van der Waals surface area contributed by atoms with Crippen LogP contribution in [0.5, 0.6) is 5.75 Å². The topological polar surface area (TPSA) is 82.6 Å². The predicted molar refractivity (Wildman–Crippen MR) is 132 cm³/mol. The minimum atomic E-state index is -0.859. The molecule has 1 amide bonds. The van der Waals surface area contributed by atoms with Crippen molar-refractivity contribution < 1.29 is 19.4 Å². The van der Waals surface area contributed by atoms with E-state index in [2.05, 4.69) is 4.98 Å². The van der Waals surface area contributed by atoms with Crippen LogP contribution in [0.3, 0.4) is 0 Å². The molecule has 1 atom stereocenters. The molecule has 0 saturated carbocycles. The summed E-state index contributed by atoms with van der Waals surface area (Å²) in [6.07, 6.45) is 1.77. The average molecular weight is 473 g/mol. The van der Waals surface area contributed by atoms with Gasteiger partial charge in [-0.3, -0.25) is 14.5 Å². The second kappa shape index (κ2) is 8.39. The van der Waals surface area contributed by atoms with Crippen LogP contribution in [0.2, 0.25) is 5.02 Å². The molecular formula is C27H21ClN2O4. The van der Waals surface area contributed by atoms with E-state index in [1.165, 1.54) is 18.1 Å². The van der Waals surface area contributed by atoms with Crippen LogP contribution >= 0.6 is 11.6 Å². The Morgan fingerprint density at radius 2 is 1.79 bits per heavy atom. The van der Waals surface area contributed by atoms with Crippen molar-refractivity contribution in [3.05, 3.63) is 100 Å². The second-order valence-corrected chi connectivity index (χ2v) is 8.58. The van der Waals surface area contributed by atoms with Crippen molar-refractivity contribution in [3.63, 3.8) is 0 Å². The van der Waals surface area contributed by atoms with Crippen molar-refractivity contribution in [3.8, 4) is 5.75 Å². The van der Waals surface area contributed by atoms with Gasteiger partial charge in [0, 0.05) is 33.4 Å². The lowest BCUT2D eigenvalue weighted by Crippen LogP contribution is -2.29. The number of hydrogen-bond donors (Lipinski definition) is 2. The molecule has 1 aromatic heterocycles. The molecule has 0 aliphatic carbocycles. The zero-order valence-electron chi connectivity index (χ0n) is 18.5. The van der Waals surface area contributed by atoms with E-state index in [-0.39, 0.29) is 16.9 Å². The van der Waals surface area contributed by atoms with Crippen LogP contribution in [0.15, 0.2) is 78.5 Å². The number of ether oxygens (including phenoxy) is 1. The molecule has 7 heteroatoms. The van der Waals surface area contributed by atoms with E-state index in [4.69, 9.17) is 16.3 Å². The Kier molecular flexibility index (Phi) is 5.38. The molecule has 1 saturated heterocycles. The van der Waals surface area contributed by atoms with Crippen molar-refractivity contribution in [1.82, 2.24) is 4.98 Å². The number of rotatable bonds is 4. The van der Waals surface area contributed by atoms with E-state index in [9.17, 15) is 14.7 Å². The van der Waals surface area contributed by atoms with Crippen LogP contribution in [0, 0.1) is 6.92 Å². The molecule has 1 unspecified atom stereocenters. The molecule has 6 nitrogen and oxygen atoms in total. The predicted octanol–water partition coefficient (Wildman–Crippen LogP) is 5.76. The molecule has 2 heterocycles. The van der Waals surface area contributed by atoms with Crippen LogP contribution in [0.25, 0.3) is 16.7 Å². The van der Waals surface area contributed by atoms with Crippen LogP contribution in [-0.4, -0.2) is 28.9 Å². The highest BCUT2D eigenvalue weighted by Crippen LogP contribution is 2.45. The third kappa shape index (κ3) is 3.43. The fraction of sp³-hybridized carbons (Fsp3) is 0.111. The summed E-state index contributed by atoms with van der Waals surface area (Å²) in [4.78, 5) is 31.4. The van der Waals surface area contributed by atoms with Crippen molar-refractivity contribution in [2.24, 2.45) is 0 Å².